The van der Waals surface area contributed by atoms with Crippen LogP contribution in [0.4, 0.5) is 0 Å². The van der Waals surface area contributed by atoms with Crippen molar-refractivity contribution in [2.45, 2.75) is 0 Å². The first-order valence-corrected chi connectivity index (χ1v) is 15.4. The van der Waals surface area contributed by atoms with E-state index in [0.29, 0.717) is 38.6 Å². The van der Waals surface area contributed by atoms with E-state index in [1.807, 2.05) is 0 Å². The van der Waals surface area contributed by atoms with Gasteiger partial charge in [-0.2, -0.15) is 0 Å². The molecule has 0 fully saturated rings. The van der Waals surface area contributed by atoms with Gasteiger partial charge in [-0.25, -0.2) is 15.0 Å². The summed E-state index contributed by atoms with van der Waals surface area (Å²) in [7, 11) is 0. The van der Waals surface area contributed by atoms with Gasteiger partial charge in [0.2, 0.25) is 0 Å². The zero-order chi connectivity index (χ0) is 46.1. The fourth-order valence-corrected chi connectivity index (χ4v) is 6.16. The summed E-state index contributed by atoms with van der Waals surface area (Å²) < 4.78 is 139. The fourth-order valence-electron chi connectivity index (χ4n) is 6.16. The molecule has 10 rings (SSSR count). The van der Waals surface area contributed by atoms with Gasteiger partial charge in [-0.3, -0.25) is 0 Å². The van der Waals surface area contributed by atoms with Crippen LogP contribution >= 0.6 is 0 Å². The minimum absolute atomic E-state index is 0.00632. The first kappa shape index (κ1) is 17.0. The number of para-hydroxylation sites is 1. The monoisotopic (exact) mass is 656 g/mol. The second-order valence-corrected chi connectivity index (χ2v) is 11.3. The highest BCUT2D eigenvalue weighted by Crippen LogP contribution is 2.40. The van der Waals surface area contributed by atoms with Crippen LogP contribution in [-0.2, 0) is 0 Å². The van der Waals surface area contributed by atoms with Crippen LogP contribution in [0.3, 0.4) is 0 Å². The SMILES string of the molecule is [2H]c1cc2c(oc3c([2H])cc([2H])c(-c4nc(-c5cccc(-c6c([2H])c([2H])c([2H])c([2H])c6[2H])c5)nc(-c5cccc6oc7cc(-c8c([2H])c([2H])c([2H])c([2H])c8[2H])ccc7c56)n4)c32)c([2H])c1[2H]. The van der Waals surface area contributed by atoms with E-state index in [9.17, 15) is 1.37 Å². The average Bonchev–Trinajstić information content (AvgIpc) is 3.87. The number of nitrogens with zero attached hydrogens (tertiary/aromatic N) is 3. The van der Waals surface area contributed by atoms with Crippen LogP contribution in [0.25, 0.3) is 100 Å². The lowest BCUT2D eigenvalue weighted by atomic mass is 10.0. The van der Waals surface area contributed by atoms with Crippen LogP contribution in [0.1, 0.15) is 20.6 Å². The number of fused-ring (bicyclic) bond motifs is 6. The molecule has 0 atom stereocenters. The van der Waals surface area contributed by atoms with Crippen molar-refractivity contribution < 1.29 is 29.4 Å². The Labute approximate surface area is 308 Å². The highest BCUT2D eigenvalue weighted by Gasteiger charge is 2.20. The molecule has 3 aromatic heterocycles. The van der Waals surface area contributed by atoms with Crippen molar-refractivity contribution in [3.05, 3.63) is 163 Å². The zero-order valence-electron chi connectivity index (χ0n) is 40.6. The molecule has 0 amide bonds. The molecule has 0 aliphatic rings. The minimum Gasteiger partial charge on any atom is -0.456 e. The molecule has 0 radical (unpaired) electrons. The Hall–Kier alpha value is -6.85. The summed E-state index contributed by atoms with van der Waals surface area (Å²) in [5.41, 5.74) is 1.92. The Morgan fingerprint density at radius 2 is 1.02 bits per heavy atom. The molecule has 5 heteroatoms. The highest BCUT2D eigenvalue weighted by atomic mass is 16.3. The van der Waals surface area contributed by atoms with E-state index in [2.05, 4.69) is 0 Å². The van der Waals surface area contributed by atoms with E-state index in [1.54, 1.807) is 60.7 Å². The van der Waals surface area contributed by atoms with E-state index < -0.39 is 48.3 Å². The highest BCUT2D eigenvalue weighted by molar-refractivity contribution is 6.13. The Kier molecular flexibility index (Phi) is 3.87. The van der Waals surface area contributed by atoms with E-state index in [0.717, 1.165) is 0 Å². The van der Waals surface area contributed by atoms with Gasteiger partial charge in [0.25, 0.3) is 0 Å². The van der Waals surface area contributed by atoms with Crippen molar-refractivity contribution in [3.63, 3.8) is 0 Å². The summed E-state index contributed by atoms with van der Waals surface area (Å²) in [5, 5.41) is 1.42. The molecule has 0 aliphatic heterocycles. The third-order valence-corrected chi connectivity index (χ3v) is 8.37. The molecular formula is C45H27N3O2. The van der Waals surface area contributed by atoms with E-state index in [-0.39, 0.29) is 104 Å². The van der Waals surface area contributed by atoms with Gasteiger partial charge in [0, 0.05) is 38.2 Å². The van der Waals surface area contributed by atoms with Crippen LogP contribution in [0, 0.1) is 0 Å². The molecule has 7 aromatic carbocycles. The number of hydrogen-bond acceptors (Lipinski definition) is 5. The molecule has 50 heavy (non-hydrogen) atoms. The van der Waals surface area contributed by atoms with Crippen molar-refractivity contribution in [2.24, 2.45) is 0 Å². The van der Waals surface area contributed by atoms with Gasteiger partial charge in [-0.1, -0.05) is 127 Å². The summed E-state index contributed by atoms with van der Waals surface area (Å²) in [5.74, 6) is 0.00288. The lowest BCUT2D eigenvalue weighted by Gasteiger charge is -2.11. The number of aromatic nitrogens is 3. The smallest absolute Gasteiger partial charge is 0.164 e. The number of furan rings is 2. The van der Waals surface area contributed by atoms with Gasteiger partial charge >= 0.3 is 0 Å². The lowest BCUT2D eigenvalue weighted by molar-refractivity contribution is 0.668. The van der Waals surface area contributed by atoms with Crippen molar-refractivity contribution in [1.29, 1.82) is 0 Å². The first-order valence-electron chi connectivity index (χ1n) is 22.9. The molecule has 0 spiro atoms. The maximum atomic E-state index is 9.21. The molecule has 5 nitrogen and oxygen atoms in total. The molecule has 0 saturated carbocycles. The van der Waals surface area contributed by atoms with E-state index in [4.69, 9.17) is 43.0 Å². The first-order chi connectivity index (χ1) is 31.0. The summed E-state index contributed by atoms with van der Waals surface area (Å²) in [6.07, 6.45) is 0. The van der Waals surface area contributed by atoms with Gasteiger partial charge in [0.1, 0.15) is 22.3 Å². The predicted molar refractivity (Wildman–Crippen MR) is 202 cm³/mol. The fraction of sp³-hybridized carbons (Fsp3) is 0. The van der Waals surface area contributed by atoms with Crippen molar-refractivity contribution >= 4 is 43.9 Å². The van der Waals surface area contributed by atoms with Crippen molar-refractivity contribution in [2.75, 3.05) is 0 Å². The van der Waals surface area contributed by atoms with E-state index >= 15 is 0 Å². The Morgan fingerprint density at radius 3 is 1.84 bits per heavy atom. The Balaban J connectivity index is 1.25. The predicted octanol–water partition coefficient (Wildman–Crippen LogP) is 12.0. The van der Waals surface area contributed by atoms with Crippen LogP contribution in [0.5, 0.6) is 0 Å². The van der Waals surface area contributed by atoms with Gasteiger partial charge in [0.15, 0.2) is 17.5 Å². The summed E-state index contributed by atoms with van der Waals surface area (Å²) in [4.78, 5) is 14.7. The van der Waals surface area contributed by atoms with Crippen LogP contribution < -0.4 is 0 Å². The molecule has 0 saturated heterocycles. The quantitative estimate of drug-likeness (QED) is 0.184. The molecule has 10 aromatic rings. The summed E-state index contributed by atoms with van der Waals surface area (Å²) in [6, 6.07) is 12.9. The van der Waals surface area contributed by atoms with Crippen LogP contribution in [0.15, 0.2) is 172 Å². The van der Waals surface area contributed by atoms with Gasteiger partial charge < -0.3 is 8.83 Å². The van der Waals surface area contributed by atoms with Crippen molar-refractivity contribution in [3.8, 4) is 56.4 Å². The number of rotatable bonds is 5. The lowest BCUT2D eigenvalue weighted by Crippen LogP contribution is -2.01. The molecule has 234 valence electrons. The molecular weight excluding hydrogens is 615 g/mol. The van der Waals surface area contributed by atoms with Gasteiger partial charge in [0.05, 0.1) is 20.6 Å². The molecule has 3 heterocycles. The molecule has 0 N–H and O–H groups in total. The summed E-state index contributed by atoms with van der Waals surface area (Å²) in [6.45, 7) is 0. The maximum Gasteiger partial charge on any atom is 0.164 e. The largest absolute Gasteiger partial charge is 0.456 e. The third kappa shape index (κ3) is 4.67. The normalized spacial score (nSPS) is 15.8. The molecule has 0 aliphatic carbocycles. The van der Waals surface area contributed by atoms with Crippen LogP contribution in [-0.4, -0.2) is 15.0 Å². The van der Waals surface area contributed by atoms with Gasteiger partial charge in [-0.15, -0.1) is 0 Å². The Morgan fingerprint density at radius 1 is 0.380 bits per heavy atom. The average molecular weight is 657 g/mol. The molecule has 0 bridgehead atoms. The minimum atomic E-state index is -0.546. The topological polar surface area (TPSA) is 65.0 Å². The Bertz CT molecular complexity index is 3700. The van der Waals surface area contributed by atoms with Crippen LogP contribution in [0.2, 0.25) is 0 Å². The zero-order valence-corrected chi connectivity index (χ0v) is 25.6. The third-order valence-electron chi connectivity index (χ3n) is 8.37. The van der Waals surface area contributed by atoms with Gasteiger partial charge in [-0.05, 0) is 58.6 Å². The second kappa shape index (κ2) is 11.4. The maximum absolute atomic E-state index is 9.21. The summed E-state index contributed by atoms with van der Waals surface area (Å²) >= 11 is 0. The number of hydrogen-bond donors (Lipinski definition) is 0. The standard InChI is InChI=1S/C45H27N3O2/c1-3-12-28(13-4-1)30-16-9-17-32(26-30)43-46-44(35-19-10-22-38-41(35)33-18-7-8-21-37(33)49-38)48-45(47-43)36-20-11-23-39-42(36)34-25-24-31(27-40(34)50-39)29-14-5-2-6-15-29/h1-27H/i1D,2D,3D,4D,5D,6D,7D,8D,12D,13D,14D,15D,19D,21D,22D. The van der Waals surface area contributed by atoms with Crippen molar-refractivity contribution in [1.82, 2.24) is 15.0 Å². The second-order valence-electron chi connectivity index (χ2n) is 11.3. The molecule has 0 unspecified atom stereocenters. The van der Waals surface area contributed by atoms with E-state index in [1.165, 1.54) is 12.1 Å². The number of benzene rings is 7.